The molecule has 1 aromatic rings. The zero-order chi connectivity index (χ0) is 12.8. The van der Waals surface area contributed by atoms with E-state index in [-0.39, 0.29) is 0 Å². The van der Waals surface area contributed by atoms with Crippen LogP contribution in [0.25, 0.3) is 0 Å². The first-order valence-electron chi connectivity index (χ1n) is 5.32. The predicted octanol–water partition coefficient (Wildman–Crippen LogP) is 2.84. The van der Waals surface area contributed by atoms with E-state index in [4.69, 9.17) is 16.7 Å². The lowest BCUT2D eigenvalue weighted by molar-refractivity contribution is -0.141. The summed E-state index contributed by atoms with van der Waals surface area (Å²) in [5, 5.41) is 9.56. The standard InChI is InChI=1S/C12H16ClNO2S/c1-9(12(15)16)14(2)7-8-17-11-5-3-10(13)4-6-11/h3-6,9H,7-8H2,1-2H3,(H,15,16). The van der Waals surface area contributed by atoms with Crippen molar-refractivity contribution >= 4 is 29.3 Å². The van der Waals surface area contributed by atoms with Gasteiger partial charge in [-0.25, -0.2) is 0 Å². The molecule has 0 saturated carbocycles. The topological polar surface area (TPSA) is 40.5 Å². The molecule has 0 aliphatic heterocycles. The summed E-state index contributed by atoms with van der Waals surface area (Å²) in [5.41, 5.74) is 0. The van der Waals surface area contributed by atoms with E-state index >= 15 is 0 Å². The van der Waals surface area contributed by atoms with Crippen LogP contribution in [-0.2, 0) is 4.79 Å². The lowest BCUT2D eigenvalue weighted by Gasteiger charge is -2.20. The molecule has 1 N–H and O–H groups in total. The average molecular weight is 274 g/mol. The lowest BCUT2D eigenvalue weighted by atomic mass is 10.3. The van der Waals surface area contributed by atoms with Crippen LogP contribution >= 0.6 is 23.4 Å². The largest absolute Gasteiger partial charge is 0.480 e. The molecule has 0 fully saturated rings. The number of carboxylic acid groups (broad SMARTS) is 1. The summed E-state index contributed by atoms with van der Waals surface area (Å²) in [7, 11) is 1.82. The van der Waals surface area contributed by atoms with Crippen LogP contribution in [-0.4, -0.2) is 41.4 Å². The van der Waals surface area contributed by atoms with Gasteiger partial charge in [-0.3, -0.25) is 9.69 Å². The number of carboxylic acids is 1. The number of hydrogen-bond donors (Lipinski definition) is 1. The van der Waals surface area contributed by atoms with E-state index in [9.17, 15) is 4.79 Å². The summed E-state index contributed by atoms with van der Waals surface area (Å²) in [6, 6.07) is 7.20. The van der Waals surface area contributed by atoms with Crippen molar-refractivity contribution in [1.82, 2.24) is 4.90 Å². The second kappa shape index (κ2) is 6.89. The van der Waals surface area contributed by atoms with Gasteiger partial charge in [0.05, 0.1) is 0 Å². The van der Waals surface area contributed by atoms with Gasteiger partial charge in [-0.2, -0.15) is 0 Å². The van der Waals surface area contributed by atoms with Crippen LogP contribution in [0.5, 0.6) is 0 Å². The van der Waals surface area contributed by atoms with E-state index in [0.717, 1.165) is 22.2 Å². The van der Waals surface area contributed by atoms with Crippen molar-refractivity contribution in [3.8, 4) is 0 Å². The Labute approximate surface area is 111 Å². The number of aliphatic carboxylic acids is 1. The summed E-state index contributed by atoms with van der Waals surface area (Å²) in [6.45, 7) is 2.43. The van der Waals surface area contributed by atoms with Crippen LogP contribution in [0.2, 0.25) is 5.02 Å². The van der Waals surface area contributed by atoms with Gasteiger partial charge in [-0.1, -0.05) is 11.6 Å². The van der Waals surface area contributed by atoms with Gasteiger partial charge < -0.3 is 5.11 Å². The van der Waals surface area contributed by atoms with E-state index in [1.54, 1.807) is 18.7 Å². The highest BCUT2D eigenvalue weighted by Crippen LogP contribution is 2.20. The monoisotopic (exact) mass is 273 g/mol. The Bertz CT molecular complexity index is 369. The second-order valence-corrected chi connectivity index (χ2v) is 5.40. The number of hydrogen-bond acceptors (Lipinski definition) is 3. The molecular formula is C12H16ClNO2S. The quantitative estimate of drug-likeness (QED) is 0.809. The van der Waals surface area contributed by atoms with Gasteiger partial charge in [-0.05, 0) is 38.2 Å². The van der Waals surface area contributed by atoms with E-state index in [0.29, 0.717) is 0 Å². The van der Waals surface area contributed by atoms with E-state index in [1.165, 1.54) is 0 Å². The molecule has 17 heavy (non-hydrogen) atoms. The molecule has 0 aliphatic rings. The number of rotatable bonds is 6. The summed E-state index contributed by atoms with van der Waals surface area (Å²) < 4.78 is 0. The first-order chi connectivity index (χ1) is 8.00. The Kier molecular flexibility index (Phi) is 5.82. The molecule has 1 aromatic carbocycles. The maximum absolute atomic E-state index is 10.7. The number of halogens is 1. The van der Waals surface area contributed by atoms with Gasteiger partial charge >= 0.3 is 5.97 Å². The first-order valence-corrected chi connectivity index (χ1v) is 6.68. The molecule has 0 spiro atoms. The molecule has 0 amide bonds. The molecular weight excluding hydrogens is 258 g/mol. The zero-order valence-corrected chi connectivity index (χ0v) is 11.5. The highest BCUT2D eigenvalue weighted by Gasteiger charge is 2.15. The van der Waals surface area contributed by atoms with Crippen LogP contribution in [0.4, 0.5) is 0 Å². The molecule has 0 aliphatic carbocycles. The first kappa shape index (κ1) is 14.4. The molecule has 0 heterocycles. The second-order valence-electron chi connectivity index (χ2n) is 3.80. The van der Waals surface area contributed by atoms with Crippen molar-refractivity contribution in [3.63, 3.8) is 0 Å². The highest BCUT2D eigenvalue weighted by atomic mass is 35.5. The molecule has 5 heteroatoms. The van der Waals surface area contributed by atoms with Gasteiger partial charge in [0, 0.05) is 22.2 Å². The van der Waals surface area contributed by atoms with Crippen molar-refractivity contribution in [2.45, 2.75) is 17.9 Å². The van der Waals surface area contributed by atoms with Gasteiger partial charge in [0.1, 0.15) is 6.04 Å². The van der Waals surface area contributed by atoms with E-state index < -0.39 is 12.0 Å². The predicted molar refractivity (Wildman–Crippen MR) is 71.9 cm³/mol. The van der Waals surface area contributed by atoms with Crippen LogP contribution in [0.15, 0.2) is 29.2 Å². The minimum absolute atomic E-state index is 0.444. The van der Waals surface area contributed by atoms with Crippen molar-refractivity contribution in [2.24, 2.45) is 0 Å². The molecule has 1 unspecified atom stereocenters. The third kappa shape index (κ3) is 4.98. The Morgan fingerprint density at radius 1 is 1.47 bits per heavy atom. The SMILES string of the molecule is CC(C(=O)O)N(C)CCSc1ccc(Cl)cc1. The summed E-state index contributed by atoms with van der Waals surface area (Å²) in [5.74, 6) is 0.0689. The molecule has 94 valence electrons. The third-order valence-electron chi connectivity index (χ3n) is 2.54. The molecule has 0 bridgehead atoms. The molecule has 1 rings (SSSR count). The summed E-state index contributed by atoms with van der Waals surface area (Å²) in [6.07, 6.45) is 0. The number of nitrogens with zero attached hydrogens (tertiary/aromatic N) is 1. The fraction of sp³-hybridized carbons (Fsp3) is 0.417. The number of thioether (sulfide) groups is 1. The summed E-state index contributed by atoms with van der Waals surface area (Å²) >= 11 is 7.48. The minimum atomic E-state index is -0.788. The molecule has 3 nitrogen and oxygen atoms in total. The highest BCUT2D eigenvalue weighted by molar-refractivity contribution is 7.99. The third-order valence-corrected chi connectivity index (χ3v) is 3.79. The Morgan fingerprint density at radius 2 is 2.06 bits per heavy atom. The number of likely N-dealkylation sites (N-methyl/N-ethyl adjacent to an activating group) is 1. The fourth-order valence-corrected chi connectivity index (χ4v) is 2.29. The van der Waals surface area contributed by atoms with Gasteiger partial charge in [0.25, 0.3) is 0 Å². The average Bonchev–Trinajstić information content (AvgIpc) is 2.30. The Morgan fingerprint density at radius 3 is 2.59 bits per heavy atom. The van der Waals surface area contributed by atoms with Crippen molar-refractivity contribution < 1.29 is 9.90 Å². The Hall–Kier alpha value is -0.710. The normalized spacial score (nSPS) is 12.7. The van der Waals surface area contributed by atoms with Crippen LogP contribution in [0, 0.1) is 0 Å². The maximum Gasteiger partial charge on any atom is 0.320 e. The van der Waals surface area contributed by atoms with Crippen molar-refractivity contribution in [1.29, 1.82) is 0 Å². The van der Waals surface area contributed by atoms with Crippen LogP contribution in [0.3, 0.4) is 0 Å². The maximum atomic E-state index is 10.7. The molecule has 0 aromatic heterocycles. The zero-order valence-electron chi connectivity index (χ0n) is 9.89. The molecule has 0 radical (unpaired) electrons. The van der Waals surface area contributed by atoms with Crippen molar-refractivity contribution in [2.75, 3.05) is 19.3 Å². The van der Waals surface area contributed by atoms with E-state index in [1.807, 2.05) is 36.2 Å². The number of benzene rings is 1. The fourth-order valence-electron chi connectivity index (χ4n) is 1.22. The lowest BCUT2D eigenvalue weighted by Crippen LogP contribution is -2.37. The summed E-state index contributed by atoms with van der Waals surface area (Å²) in [4.78, 5) is 13.7. The smallest absolute Gasteiger partial charge is 0.320 e. The molecule has 1 atom stereocenters. The molecule has 0 saturated heterocycles. The Balaban J connectivity index is 2.32. The van der Waals surface area contributed by atoms with Crippen LogP contribution < -0.4 is 0 Å². The number of carbonyl (C=O) groups is 1. The van der Waals surface area contributed by atoms with Crippen molar-refractivity contribution in [3.05, 3.63) is 29.3 Å². The van der Waals surface area contributed by atoms with Crippen LogP contribution in [0.1, 0.15) is 6.92 Å². The van der Waals surface area contributed by atoms with Gasteiger partial charge in [0.2, 0.25) is 0 Å². The van der Waals surface area contributed by atoms with E-state index in [2.05, 4.69) is 0 Å². The minimum Gasteiger partial charge on any atom is -0.480 e. The van der Waals surface area contributed by atoms with Gasteiger partial charge in [0.15, 0.2) is 0 Å². The van der Waals surface area contributed by atoms with Gasteiger partial charge in [-0.15, -0.1) is 11.8 Å².